The lowest BCUT2D eigenvalue weighted by Crippen LogP contribution is -1.97. The highest BCUT2D eigenvalue weighted by molar-refractivity contribution is 9.10. The quantitative estimate of drug-likeness (QED) is 0.394. The number of ether oxygens (including phenoxy) is 1. The van der Waals surface area contributed by atoms with E-state index in [1.807, 2.05) is 18.2 Å². The summed E-state index contributed by atoms with van der Waals surface area (Å²) in [4.78, 5) is 10.7. The van der Waals surface area contributed by atoms with E-state index < -0.39 is 4.92 Å². The van der Waals surface area contributed by atoms with E-state index in [1.54, 1.807) is 19.1 Å². The number of alkyl halides is 1. The lowest BCUT2D eigenvalue weighted by atomic mass is 10.2. The second-order valence-electron chi connectivity index (χ2n) is 4.17. The summed E-state index contributed by atoms with van der Waals surface area (Å²) in [5, 5.41) is 11.8. The molecule has 4 nitrogen and oxygen atoms in total. The molecule has 0 amide bonds. The van der Waals surface area contributed by atoms with Gasteiger partial charge in [-0.05, 0) is 24.6 Å². The van der Waals surface area contributed by atoms with Crippen molar-refractivity contribution in [2.45, 2.75) is 12.3 Å². The first-order chi connectivity index (χ1) is 9.52. The van der Waals surface area contributed by atoms with Crippen LogP contribution in [0.1, 0.15) is 11.1 Å². The molecule has 0 fully saturated rings. The standard InChI is InChI=1S/C14H11Br2NO3/c1-9-6-11(16)7-12(17(18)19)14(9)20-13-5-3-2-4-10(13)8-15/h2-7H,8H2,1H3. The molecule has 2 aromatic carbocycles. The largest absolute Gasteiger partial charge is 0.450 e. The van der Waals surface area contributed by atoms with Crippen LogP contribution in [0.5, 0.6) is 11.5 Å². The fourth-order valence-electron chi connectivity index (χ4n) is 1.80. The summed E-state index contributed by atoms with van der Waals surface area (Å²) >= 11 is 6.64. The van der Waals surface area contributed by atoms with Gasteiger partial charge < -0.3 is 4.74 Å². The van der Waals surface area contributed by atoms with E-state index in [-0.39, 0.29) is 11.4 Å². The number of nitro benzene ring substituents is 1. The molecule has 6 heteroatoms. The van der Waals surface area contributed by atoms with Crippen LogP contribution in [-0.2, 0) is 5.33 Å². The topological polar surface area (TPSA) is 52.4 Å². The Hall–Kier alpha value is -1.40. The number of aryl methyl sites for hydroxylation is 1. The number of hydrogen-bond acceptors (Lipinski definition) is 3. The fourth-order valence-corrected chi connectivity index (χ4v) is 2.83. The predicted octanol–water partition coefficient (Wildman–Crippen LogP) is 5.35. The van der Waals surface area contributed by atoms with Crippen molar-refractivity contribution in [2.24, 2.45) is 0 Å². The second-order valence-corrected chi connectivity index (χ2v) is 5.65. The number of nitro groups is 1. The van der Waals surface area contributed by atoms with Gasteiger partial charge in [0, 0.05) is 21.4 Å². The average Bonchev–Trinajstić information content (AvgIpc) is 2.41. The van der Waals surface area contributed by atoms with Gasteiger partial charge in [-0.1, -0.05) is 50.1 Å². The average molecular weight is 401 g/mol. The third-order valence-corrected chi connectivity index (χ3v) is 3.81. The van der Waals surface area contributed by atoms with Crippen LogP contribution in [0, 0.1) is 17.0 Å². The van der Waals surface area contributed by atoms with Gasteiger partial charge >= 0.3 is 5.69 Å². The van der Waals surface area contributed by atoms with Gasteiger partial charge in [0.15, 0.2) is 0 Å². The Bertz CT molecular complexity index is 659. The number of para-hydroxylation sites is 1. The van der Waals surface area contributed by atoms with E-state index >= 15 is 0 Å². The summed E-state index contributed by atoms with van der Waals surface area (Å²) in [6.45, 7) is 1.78. The van der Waals surface area contributed by atoms with Gasteiger partial charge in [-0.2, -0.15) is 0 Å². The lowest BCUT2D eigenvalue weighted by Gasteiger charge is -2.12. The highest BCUT2D eigenvalue weighted by Gasteiger charge is 2.20. The Morgan fingerprint density at radius 3 is 2.65 bits per heavy atom. The first-order valence-electron chi connectivity index (χ1n) is 5.79. The maximum atomic E-state index is 11.2. The molecule has 0 radical (unpaired) electrons. The maximum absolute atomic E-state index is 11.2. The van der Waals surface area contributed by atoms with Crippen molar-refractivity contribution in [2.75, 3.05) is 0 Å². The highest BCUT2D eigenvalue weighted by atomic mass is 79.9. The minimum absolute atomic E-state index is 0.0544. The molecule has 0 aromatic heterocycles. The van der Waals surface area contributed by atoms with Crippen LogP contribution in [0.15, 0.2) is 40.9 Å². The van der Waals surface area contributed by atoms with Gasteiger partial charge in [-0.15, -0.1) is 0 Å². The van der Waals surface area contributed by atoms with E-state index in [0.717, 1.165) is 5.56 Å². The molecule has 2 rings (SSSR count). The van der Waals surface area contributed by atoms with Gasteiger partial charge in [0.1, 0.15) is 5.75 Å². The molecule has 0 atom stereocenters. The molecule has 104 valence electrons. The number of benzene rings is 2. The Kier molecular flexibility index (Phi) is 4.77. The summed E-state index contributed by atoms with van der Waals surface area (Å²) in [6, 6.07) is 10.7. The SMILES string of the molecule is Cc1cc(Br)cc([N+](=O)[O-])c1Oc1ccccc1CBr. The van der Waals surface area contributed by atoms with Crippen molar-refractivity contribution < 1.29 is 9.66 Å². The Labute approximate surface area is 133 Å². The van der Waals surface area contributed by atoms with Crippen molar-refractivity contribution >= 4 is 37.5 Å². The molecule has 0 aliphatic carbocycles. The predicted molar refractivity (Wildman–Crippen MR) is 84.7 cm³/mol. The summed E-state index contributed by atoms with van der Waals surface area (Å²) in [5.41, 5.74) is 1.58. The minimum Gasteiger partial charge on any atom is -0.450 e. The number of halogens is 2. The molecule has 2 aromatic rings. The van der Waals surface area contributed by atoms with E-state index in [1.165, 1.54) is 6.07 Å². The Balaban J connectivity index is 2.50. The molecule has 0 aliphatic heterocycles. The van der Waals surface area contributed by atoms with Crippen LogP contribution in [0.3, 0.4) is 0 Å². The van der Waals surface area contributed by atoms with Crippen LogP contribution >= 0.6 is 31.9 Å². The first kappa shape index (κ1) is 15.0. The lowest BCUT2D eigenvalue weighted by molar-refractivity contribution is -0.385. The van der Waals surface area contributed by atoms with Crippen LogP contribution in [0.4, 0.5) is 5.69 Å². The smallest absolute Gasteiger partial charge is 0.312 e. The molecular weight excluding hydrogens is 390 g/mol. The second kappa shape index (κ2) is 6.37. The molecule has 0 heterocycles. The summed E-state index contributed by atoms with van der Waals surface area (Å²) in [7, 11) is 0. The van der Waals surface area contributed by atoms with Crippen molar-refractivity contribution in [1.29, 1.82) is 0 Å². The van der Waals surface area contributed by atoms with Gasteiger partial charge in [-0.25, -0.2) is 0 Å². The molecule has 0 unspecified atom stereocenters. The van der Waals surface area contributed by atoms with E-state index in [9.17, 15) is 10.1 Å². The normalized spacial score (nSPS) is 10.3. The molecule has 0 bridgehead atoms. The fraction of sp³-hybridized carbons (Fsp3) is 0.143. The van der Waals surface area contributed by atoms with Crippen molar-refractivity contribution in [1.82, 2.24) is 0 Å². The van der Waals surface area contributed by atoms with Gasteiger partial charge in [0.2, 0.25) is 5.75 Å². The van der Waals surface area contributed by atoms with Crippen molar-refractivity contribution in [3.05, 3.63) is 62.1 Å². The monoisotopic (exact) mass is 399 g/mol. The van der Waals surface area contributed by atoms with Gasteiger partial charge in [0.05, 0.1) is 4.92 Å². The van der Waals surface area contributed by atoms with Crippen LogP contribution in [0.2, 0.25) is 0 Å². The Morgan fingerprint density at radius 1 is 1.30 bits per heavy atom. The summed E-state index contributed by atoms with van der Waals surface area (Å²) in [6.07, 6.45) is 0. The Morgan fingerprint density at radius 2 is 2.00 bits per heavy atom. The zero-order valence-electron chi connectivity index (χ0n) is 10.6. The summed E-state index contributed by atoms with van der Waals surface area (Å²) in [5.74, 6) is 0.879. The molecule has 0 aliphatic rings. The molecule has 0 saturated carbocycles. The van der Waals surface area contributed by atoms with Crippen molar-refractivity contribution in [3.8, 4) is 11.5 Å². The van der Waals surface area contributed by atoms with E-state index in [2.05, 4.69) is 31.9 Å². The van der Waals surface area contributed by atoms with Gasteiger partial charge in [0.25, 0.3) is 0 Å². The molecule has 0 N–H and O–H groups in total. The molecule has 20 heavy (non-hydrogen) atoms. The van der Waals surface area contributed by atoms with Crippen LogP contribution in [-0.4, -0.2) is 4.92 Å². The van der Waals surface area contributed by atoms with Crippen molar-refractivity contribution in [3.63, 3.8) is 0 Å². The third kappa shape index (κ3) is 3.19. The van der Waals surface area contributed by atoms with Crippen LogP contribution < -0.4 is 4.74 Å². The molecule has 0 saturated heterocycles. The zero-order chi connectivity index (χ0) is 14.7. The highest BCUT2D eigenvalue weighted by Crippen LogP contribution is 2.38. The van der Waals surface area contributed by atoms with Crippen LogP contribution in [0.25, 0.3) is 0 Å². The van der Waals surface area contributed by atoms with E-state index in [4.69, 9.17) is 4.74 Å². The zero-order valence-corrected chi connectivity index (χ0v) is 13.8. The maximum Gasteiger partial charge on any atom is 0.312 e. The summed E-state index contributed by atoms with van der Waals surface area (Å²) < 4.78 is 6.44. The molecular formula is C14H11Br2NO3. The number of nitrogens with zero attached hydrogens (tertiary/aromatic N) is 1. The number of rotatable bonds is 4. The van der Waals surface area contributed by atoms with E-state index in [0.29, 0.717) is 21.1 Å². The molecule has 0 spiro atoms. The third-order valence-electron chi connectivity index (χ3n) is 2.75. The first-order valence-corrected chi connectivity index (χ1v) is 7.70. The van der Waals surface area contributed by atoms with Gasteiger partial charge in [-0.3, -0.25) is 10.1 Å². The minimum atomic E-state index is -0.441. The number of hydrogen-bond donors (Lipinski definition) is 0.